The summed E-state index contributed by atoms with van der Waals surface area (Å²) >= 11 is 0. The van der Waals surface area contributed by atoms with Crippen molar-refractivity contribution in [1.82, 2.24) is 9.97 Å². The van der Waals surface area contributed by atoms with Crippen molar-refractivity contribution in [2.24, 2.45) is 5.92 Å². The first kappa shape index (κ1) is 9.17. The predicted octanol–water partition coefficient (Wildman–Crippen LogP) is 2.37. The van der Waals surface area contributed by atoms with Crippen molar-refractivity contribution in [1.29, 1.82) is 0 Å². The minimum Gasteiger partial charge on any atom is -0.258 e. The molecule has 0 bridgehead atoms. The second-order valence-corrected chi connectivity index (χ2v) is 3.31. The van der Waals surface area contributed by atoms with Gasteiger partial charge in [-0.15, -0.1) is 0 Å². The number of hydrogen-bond acceptors (Lipinski definition) is 2. The van der Waals surface area contributed by atoms with Crippen molar-refractivity contribution in [2.75, 3.05) is 0 Å². The van der Waals surface area contributed by atoms with E-state index >= 15 is 0 Å². The van der Waals surface area contributed by atoms with Gasteiger partial charge in [0, 0.05) is 12.4 Å². The van der Waals surface area contributed by atoms with E-state index in [1.54, 1.807) is 12.4 Å². The zero-order valence-corrected chi connectivity index (χ0v) is 8.04. The average molecular weight is 164 g/mol. The van der Waals surface area contributed by atoms with E-state index in [1.165, 1.54) is 6.42 Å². The van der Waals surface area contributed by atoms with Crippen LogP contribution in [0.15, 0.2) is 12.4 Å². The van der Waals surface area contributed by atoms with Crippen LogP contribution in [0.5, 0.6) is 0 Å². The lowest BCUT2D eigenvalue weighted by molar-refractivity contribution is 0.549. The zero-order chi connectivity index (χ0) is 8.97. The van der Waals surface area contributed by atoms with Gasteiger partial charge in [0.25, 0.3) is 0 Å². The van der Waals surface area contributed by atoms with Gasteiger partial charge in [0.05, 0.1) is 11.4 Å². The molecular formula is C10H16N2. The Hall–Kier alpha value is -0.920. The van der Waals surface area contributed by atoms with E-state index in [9.17, 15) is 0 Å². The molecular weight excluding hydrogens is 148 g/mol. The molecule has 1 aromatic heterocycles. The van der Waals surface area contributed by atoms with Crippen LogP contribution in [-0.4, -0.2) is 9.97 Å². The van der Waals surface area contributed by atoms with E-state index < -0.39 is 0 Å². The lowest BCUT2D eigenvalue weighted by Crippen LogP contribution is -2.03. The summed E-state index contributed by atoms with van der Waals surface area (Å²) in [5.74, 6) is 0.709. The van der Waals surface area contributed by atoms with Gasteiger partial charge in [-0.3, -0.25) is 9.97 Å². The maximum absolute atomic E-state index is 4.30. The molecule has 1 aromatic rings. The molecule has 66 valence electrons. The van der Waals surface area contributed by atoms with Gasteiger partial charge in [0.15, 0.2) is 0 Å². The van der Waals surface area contributed by atoms with Crippen molar-refractivity contribution < 1.29 is 0 Å². The third-order valence-corrected chi connectivity index (χ3v) is 2.22. The second-order valence-electron chi connectivity index (χ2n) is 3.31. The van der Waals surface area contributed by atoms with Crippen molar-refractivity contribution >= 4 is 0 Å². The SMILES string of the molecule is CCC(C)Cc1nccnc1C. The maximum Gasteiger partial charge on any atom is 0.0618 e. The number of aryl methyl sites for hydroxylation is 1. The Labute approximate surface area is 74.1 Å². The van der Waals surface area contributed by atoms with Crippen LogP contribution >= 0.6 is 0 Å². The average Bonchev–Trinajstić information content (AvgIpc) is 2.09. The van der Waals surface area contributed by atoms with Gasteiger partial charge in [-0.05, 0) is 19.3 Å². The highest BCUT2D eigenvalue weighted by Gasteiger charge is 2.04. The first-order valence-corrected chi connectivity index (χ1v) is 4.50. The van der Waals surface area contributed by atoms with Crippen LogP contribution in [-0.2, 0) is 6.42 Å². The van der Waals surface area contributed by atoms with Crippen molar-refractivity contribution in [3.05, 3.63) is 23.8 Å². The zero-order valence-electron chi connectivity index (χ0n) is 8.04. The molecule has 1 unspecified atom stereocenters. The van der Waals surface area contributed by atoms with Crippen molar-refractivity contribution in [2.45, 2.75) is 33.6 Å². The van der Waals surface area contributed by atoms with Gasteiger partial charge in [0.2, 0.25) is 0 Å². The minimum atomic E-state index is 0.709. The van der Waals surface area contributed by atoms with Crippen LogP contribution in [0.1, 0.15) is 31.7 Å². The summed E-state index contributed by atoms with van der Waals surface area (Å²) in [6.45, 7) is 6.47. The molecule has 0 N–H and O–H groups in total. The predicted molar refractivity (Wildman–Crippen MR) is 49.9 cm³/mol. The third kappa shape index (κ3) is 2.29. The summed E-state index contributed by atoms with van der Waals surface area (Å²) in [5.41, 5.74) is 2.21. The van der Waals surface area contributed by atoms with E-state index in [4.69, 9.17) is 0 Å². The van der Waals surface area contributed by atoms with Gasteiger partial charge in [-0.2, -0.15) is 0 Å². The monoisotopic (exact) mass is 164 g/mol. The van der Waals surface area contributed by atoms with Crippen molar-refractivity contribution in [3.63, 3.8) is 0 Å². The molecule has 0 aliphatic carbocycles. The van der Waals surface area contributed by atoms with E-state index in [2.05, 4.69) is 23.8 Å². The first-order chi connectivity index (χ1) is 5.74. The minimum absolute atomic E-state index is 0.709. The third-order valence-electron chi connectivity index (χ3n) is 2.22. The van der Waals surface area contributed by atoms with Gasteiger partial charge >= 0.3 is 0 Å². The Balaban J connectivity index is 2.69. The fraction of sp³-hybridized carbons (Fsp3) is 0.600. The van der Waals surface area contributed by atoms with Crippen LogP contribution in [0.25, 0.3) is 0 Å². The molecule has 1 atom stereocenters. The fourth-order valence-corrected chi connectivity index (χ4v) is 1.11. The first-order valence-electron chi connectivity index (χ1n) is 4.50. The highest BCUT2D eigenvalue weighted by Crippen LogP contribution is 2.10. The Morgan fingerprint density at radius 2 is 2.00 bits per heavy atom. The summed E-state index contributed by atoms with van der Waals surface area (Å²) in [5, 5.41) is 0. The molecule has 0 radical (unpaired) electrons. The molecule has 0 fully saturated rings. The second kappa shape index (κ2) is 4.19. The van der Waals surface area contributed by atoms with Crippen LogP contribution < -0.4 is 0 Å². The van der Waals surface area contributed by atoms with Crippen LogP contribution in [0.3, 0.4) is 0 Å². The summed E-state index contributed by atoms with van der Waals surface area (Å²) in [4.78, 5) is 8.51. The Kier molecular flexibility index (Phi) is 3.20. The topological polar surface area (TPSA) is 25.8 Å². The normalized spacial score (nSPS) is 12.9. The number of aromatic nitrogens is 2. The maximum atomic E-state index is 4.30. The molecule has 0 aliphatic heterocycles. The molecule has 0 amide bonds. The molecule has 2 heteroatoms. The standard InChI is InChI=1S/C10H16N2/c1-4-8(2)7-10-9(3)11-5-6-12-10/h5-6,8H,4,7H2,1-3H3. The van der Waals surface area contributed by atoms with Gasteiger partial charge in [0.1, 0.15) is 0 Å². The molecule has 2 nitrogen and oxygen atoms in total. The summed E-state index contributed by atoms with van der Waals surface area (Å²) < 4.78 is 0. The molecule has 0 aliphatic rings. The summed E-state index contributed by atoms with van der Waals surface area (Å²) in [6, 6.07) is 0. The smallest absolute Gasteiger partial charge is 0.0618 e. The Bertz CT molecular complexity index is 245. The van der Waals surface area contributed by atoms with E-state index in [0.29, 0.717) is 5.92 Å². The highest BCUT2D eigenvalue weighted by molar-refractivity contribution is 5.08. The molecule has 0 saturated heterocycles. The van der Waals surface area contributed by atoms with E-state index in [-0.39, 0.29) is 0 Å². The number of rotatable bonds is 3. The van der Waals surface area contributed by atoms with Gasteiger partial charge in [-0.25, -0.2) is 0 Å². The molecule has 12 heavy (non-hydrogen) atoms. The quantitative estimate of drug-likeness (QED) is 0.685. The lowest BCUT2D eigenvalue weighted by Gasteiger charge is -2.08. The van der Waals surface area contributed by atoms with Gasteiger partial charge < -0.3 is 0 Å². The largest absolute Gasteiger partial charge is 0.258 e. The lowest BCUT2D eigenvalue weighted by atomic mass is 10.0. The molecule has 1 rings (SSSR count). The number of hydrogen-bond donors (Lipinski definition) is 0. The Morgan fingerprint density at radius 3 is 2.58 bits per heavy atom. The van der Waals surface area contributed by atoms with Crippen LogP contribution in [0, 0.1) is 12.8 Å². The Morgan fingerprint density at radius 1 is 1.33 bits per heavy atom. The van der Waals surface area contributed by atoms with E-state index in [1.807, 2.05) is 6.92 Å². The number of nitrogens with zero attached hydrogens (tertiary/aromatic N) is 2. The fourth-order valence-electron chi connectivity index (χ4n) is 1.11. The van der Waals surface area contributed by atoms with Crippen molar-refractivity contribution in [3.8, 4) is 0 Å². The molecule has 0 aromatic carbocycles. The molecule has 0 spiro atoms. The summed E-state index contributed by atoms with van der Waals surface area (Å²) in [6.07, 6.45) is 5.77. The van der Waals surface area contributed by atoms with E-state index in [0.717, 1.165) is 17.8 Å². The molecule has 1 heterocycles. The van der Waals surface area contributed by atoms with Crippen LogP contribution in [0.2, 0.25) is 0 Å². The highest BCUT2D eigenvalue weighted by atomic mass is 14.8. The van der Waals surface area contributed by atoms with Gasteiger partial charge in [-0.1, -0.05) is 20.3 Å². The summed E-state index contributed by atoms with van der Waals surface area (Å²) in [7, 11) is 0. The van der Waals surface area contributed by atoms with Crippen LogP contribution in [0.4, 0.5) is 0 Å². The molecule has 0 saturated carbocycles.